The summed E-state index contributed by atoms with van der Waals surface area (Å²) in [6.07, 6.45) is -0.0999. The Labute approximate surface area is 109 Å². The Bertz CT molecular complexity index is 431. The van der Waals surface area contributed by atoms with Crippen molar-refractivity contribution < 1.29 is 14.7 Å². The second-order valence-corrected chi connectivity index (χ2v) is 5.20. The maximum atomic E-state index is 11.9. The lowest BCUT2D eigenvalue weighted by molar-refractivity contribution is -0.137. The van der Waals surface area contributed by atoms with Crippen LogP contribution in [0, 0.1) is 5.92 Å². The number of rotatable bonds is 6. The summed E-state index contributed by atoms with van der Waals surface area (Å²) < 4.78 is 0. The van der Waals surface area contributed by atoms with E-state index in [0.717, 1.165) is 0 Å². The Kier molecular flexibility index (Phi) is 5.24. The van der Waals surface area contributed by atoms with Crippen LogP contribution in [0.25, 0.3) is 0 Å². The molecule has 0 bridgehead atoms. The second kappa shape index (κ2) is 6.46. The number of amides is 1. The zero-order chi connectivity index (χ0) is 13.7. The van der Waals surface area contributed by atoms with Gasteiger partial charge in [0.15, 0.2) is 0 Å². The van der Waals surface area contributed by atoms with Crippen molar-refractivity contribution in [3.05, 3.63) is 16.1 Å². The van der Waals surface area contributed by atoms with Crippen molar-refractivity contribution in [2.24, 2.45) is 11.7 Å². The van der Waals surface area contributed by atoms with Gasteiger partial charge in [-0.2, -0.15) is 0 Å². The van der Waals surface area contributed by atoms with E-state index in [1.54, 1.807) is 5.38 Å². The summed E-state index contributed by atoms with van der Waals surface area (Å²) in [5, 5.41) is 13.8. The SMILES string of the molecule is CC(C)C(CC(=O)O)NC(=O)c1csc(CN)n1. The van der Waals surface area contributed by atoms with Crippen LogP contribution in [0.15, 0.2) is 5.38 Å². The number of carboxylic acid groups (broad SMARTS) is 1. The molecule has 1 aromatic rings. The van der Waals surface area contributed by atoms with Gasteiger partial charge >= 0.3 is 5.97 Å². The van der Waals surface area contributed by atoms with Crippen molar-refractivity contribution in [1.29, 1.82) is 0 Å². The maximum Gasteiger partial charge on any atom is 0.305 e. The molecule has 0 saturated carbocycles. The highest BCUT2D eigenvalue weighted by Gasteiger charge is 2.21. The summed E-state index contributed by atoms with van der Waals surface area (Å²) in [4.78, 5) is 26.6. The molecule has 0 radical (unpaired) electrons. The van der Waals surface area contributed by atoms with Crippen LogP contribution >= 0.6 is 11.3 Å². The van der Waals surface area contributed by atoms with Crippen molar-refractivity contribution in [3.8, 4) is 0 Å². The van der Waals surface area contributed by atoms with Crippen molar-refractivity contribution in [1.82, 2.24) is 10.3 Å². The first-order chi connectivity index (χ1) is 8.43. The number of hydrogen-bond donors (Lipinski definition) is 3. The van der Waals surface area contributed by atoms with Gasteiger partial charge in [0, 0.05) is 18.0 Å². The summed E-state index contributed by atoms with van der Waals surface area (Å²) in [5.74, 6) is -1.25. The molecule has 0 fully saturated rings. The molecule has 18 heavy (non-hydrogen) atoms. The van der Waals surface area contributed by atoms with Gasteiger partial charge in [-0.1, -0.05) is 13.8 Å². The Morgan fingerprint density at radius 3 is 2.67 bits per heavy atom. The first-order valence-corrected chi connectivity index (χ1v) is 6.49. The van der Waals surface area contributed by atoms with Crippen LogP contribution in [0.3, 0.4) is 0 Å². The zero-order valence-corrected chi connectivity index (χ0v) is 11.2. The largest absolute Gasteiger partial charge is 0.481 e. The Morgan fingerprint density at radius 1 is 1.56 bits per heavy atom. The number of thiazole rings is 1. The fourth-order valence-electron chi connectivity index (χ4n) is 1.39. The zero-order valence-electron chi connectivity index (χ0n) is 10.3. The van der Waals surface area contributed by atoms with Crippen LogP contribution in [0.4, 0.5) is 0 Å². The quantitative estimate of drug-likeness (QED) is 0.710. The molecule has 1 aromatic heterocycles. The molecule has 0 aromatic carbocycles. The van der Waals surface area contributed by atoms with E-state index in [2.05, 4.69) is 10.3 Å². The van der Waals surface area contributed by atoms with Crippen molar-refractivity contribution in [2.75, 3.05) is 0 Å². The fourth-order valence-corrected chi connectivity index (χ4v) is 2.05. The van der Waals surface area contributed by atoms with Crippen LogP contribution in [-0.4, -0.2) is 28.0 Å². The molecule has 1 atom stereocenters. The first kappa shape index (κ1) is 14.6. The number of nitrogens with zero attached hydrogens (tertiary/aromatic N) is 1. The Balaban J connectivity index is 2.68. The van der Waals surface area contributed by atoms with E-state index in [0.29, 0.717) is 11.6 Å². The average Bonchev–Trinajstić information content (AvgIpc) is 2.75. The normalized spacial score (nSPS) is 12.4. The molecule has 100 valence electrons. The summed E-state index contributed by atoms with van der Waals surface area (Å²) in [6.45, 7) is 4.02. The van der Waals surface area contributed by atoms with Crippen LogP contribution in [-0.2, 0) is 11.3 Å². The number of carboxylic acids is 1. The van der Waals surface area contributed by atoms with Gasteiger partial charge in [0.1, 0.15) is 10.7 Å². The molecule has 0 aliphatic heterocycles. The molecule has 0 spiro atoms. The third-order valence-corrected chi connectivity index (χ3v) is 3.35. The molecule has 1 unspecified atom stereocenters. The van der Waals surface area contributed by atoms with Gasteiger partial charge < -0.3 is 16.2 Å². The smallest absolute Gasteiger partial charge is 0.305 e. The fraction of sp³-hybridized carbons (Fsp3) is 0.545. The van der Waals surface area contributed by atoms with Crippen molar-refractivity contribution >= 4 is 23.2 Å². The molecule has 1 rings (SSSR count). The predicted octanol–water partition coefficient (Wildman–Crippen LogP) is 0.831. The van der Waals surface area contributed by atoms with Crippen LogP contribution < -0.4 is 11.1 Å². The lowest BCUT2D eigenvalue weighted by atomic mass is 10.0. The van der Waals surface area contributed by atoms with Gasteiger partial charge in [0.05, 0.1) is 6.42 Å². The minimum absolute atomic E-state index is 0.0395. The highest BCUT2D eigenvalue weighted by Crippen LogP contribution is 2.11. The van der Waals surface area contributed by atoms with E-state index in [4.69, 9.17) is 10.8 Å². The lowest BCUT2D eigenvalue weighted by Gasteiger charge is -2.19. The van der Waals surface area contributed by atoms with Crippen LogP contribution in [0.1, 0.15) is 35.8 Å². The summed E-state index contributed by atoms with van der Waals surface area (Å²) in [5.41, 5.74) is 5.71. The summed E-state index contributed by atoms with van der Waals surface area (Å²) in [7, 11) is 0. The molecule has 0 aliphatic carbocycles. The first-order valence-electron chi connectivity index (χ1n) is 5.61. The second-order valence-electron chi connectivity index (χ2n) is 4.25. The molecular weight excluding hydrogens is 254 g/mol. The average molecular weight is 271 g/mol. The predicted molar refractivity (Wildman–Crippen MR) is 68.4 cm³/mol. The molecular formula is C11H17N3O3S. The molecule has 1 amide bonds. The minimum Gasteiger partial charge on any atom is -0.481 e. The number of carbonyl (C=O) groups is 2. The summed E-state index contributed by atoms with van der Waals surface area (Å²) in [6, 6.07) is -0.405. The van der Waals surface area contributed by atoms with Crippen LogP contribution in [0.2, 0.25) is 0 Å². The highest BCUT2D eigenvalue weighted by molar-refractivity contribution is 7.09. The lowest BCUT2D eigenvalue weighted by Crippen LogP contribution is -2.40. The number of aromatic nitrogens is 1. The van der Waals surface area contributed by atoms with E-state index in [1.807, 2.05) is 13.8 Å². The minimum atomic E-state index is -0.935. The number of aliphatic carboxylic acids is 1. The van der Waals surface area contributed by atoms with E-state index in [9.17, 15) is 9.59 Å². The number of hydrogen-bond acceptors (Lipinski definition) is 5. The van der Waals surface area contributed by atoms with E-state index in [1.165, 1.54) is 11.3 Å². The van der Waals surface area contributed by atoms with E-state index >= 15 is 0 Å². The van der Waals surface area contributed by atoms with Gasteiger partial charge in [-0.15, -0.1) is 11.3 Å². The molecule has 0 aliphatic rings. The van der Waals surface area contributed by atoms with E-state index in [-0.39, 0.29) is 23.9 Å². The Morgan fingerprint density at radius 2 is 2.22 bits per heavy atom. The molecule has 1 heterocycles. The van der Waals surface area contributed by atoms with Gasteiger partial charge in [0.25, 0.3) is 5.91 Å². The van der Waals surface area contributed by atoms with Crippen LogP contribution in [0.5, 0.6) is 0 Å². The summed E-state index contributed by atoms with van der Waals surface area (Å²) >= 11 is 1.31. The van der Waals surface area contributed by atoms with E-state index < -0.39 is 12.0 Å². The third kappa shape index (κ3) is 4.08. The standard InChI is InChI=1S/C11H17N3O3S/c1-6(2)7(3-10(15)16)14-11(17)8-5-18-9(4-12)13-8/h5-7H,3-4,12H2,1-2H3,(H,14,17)(H,15,16). The number of nitrogens with one attached hydrogen (secondary N) is 1. The monoisotopic (exact) mass is 271 g/mol. The van der Waals surface area contributed by atoms with Crippen molar-refractivity contribution in [2.45, 2.75) is 32.9 Å². The molecule has 6 nitrogen and oxygen atoms in total. The topological polar surface area (TPSA) is 105 Å². The molecule has 4 N–H and O–H groups in total. The number of nitrogens with two attached hydrogens (primary N) is 1. The molecule has 7 heteroatoms. The third-order valence-electron chi connectivity index (χ3n) is 2.47. The van der Waals surface area contributed by atoms with Gasteiger partial charge in [-0.05, 0) is 5.92 Å². The molecule has 0 saturated heterocycles. The number of carbonyl (C=O) groups excluding carboxylic acids is 1. The van der Waals surface area contributed by atoms with Gasteiger partial charge in [-0.3, -0.25) is 9.59 Å². The van der Waals surface area contributed by atoms with Crippen molar-refractivity contribution in [3.63, 3.8) is 0 Å². The van der Waals surface area contributed by atoms with Gasteiger partial charge in [0.2, 0.25) is 0 Å². The van der Waals surface area contributed by atoms with Gasteiger partial charge in [-0.25, -0.2) is 4.98 Å². The highest BCUT2D eigenvalue weighted by atomic mass is 32.1. The Hall–Kier alpha value is -1.47. The maximum absolute atomic E-state index is 11.9.